The lowest BCUT2D eigenvalue weighted by Crippen LogP contribution is -2.29. The molecule has 0 aliphatic heterocycles. The minimum absolute atomic E-state index is 0.107. The molecule has 0 aliphatic carbocycles. The summed E-state index contributed by atoms with van der Waals surface area (Å²) in [5.41, 5.74) is 0.440. The molecule has 3 nitrogen and oxygen atoms in total. The standard InChI is InChI=1S/C13H11BF2O3/c15-11-3-6-13(16)9(7-11)8-19-12-4-1-10(2-5-12)14(17)18/h1-7,17-18H,8H2. The van der Waals surface area contributed by atoms with E-state index in [-0.39, 0.29) is 12.2 Å². The van der Waals surface area contributed by atoms with E-state index in [1.54, 1.807) is 0 Å². The molecule has 0 atom stereocenters. The second-order valence-corrected chi connectivity index (χ2v) is 3.97. The number of hydrogen-bond acceptors (Lipinski definition) is 3. The van der Waals surface area contributed by atoms with Gasteiger partial charge in [0, 0.05) is 5.56 Å². The van der Waals surface area contributed by atoms with E-state index in [4.69, 9.17) is 14.8 Å². The van der Waals surface area contributed by atoms with E-state index in [9.17, 15) is 8.78 Å². The average Bonchev–Trinajstić information content (AvgIpc) is 2.40. The molecule has 2 aromatic rings. The summed E-state index contributed by atoms with van der Waals surface area (Å²) >= 11 is 0. The molecule has 6 heteroatoms. The SMILES string of the molecule is OB(O)c1ccc(OCc2cc(F)ccc2F)cc1. The summed E-state index contributed by atoms with van der Waals surface area (Å²) in [6, 6.07) is 9.14. The van der Waals surface area contributed by atoms with Crippen LogP contribution in [0.15, 0.2) is 42.5 Å². The van der Waals surface area contributed by atoms with Gasteiger partial charge in [0.2, 0.25) is 0 Å². The first kappa shape index (κ1) is 13.5. The molecule has 98 valence electrons. The Kier molecular flexibility index (Phi) is 4.14. The zero-order valence-corrected chi connectivity index (χ0v) is 9.88. The van der Waals surface area contributed by atoms with E-state index >= 15 is 0 Å². The van der Waals surface area contributed by atoms with Crippen LogP contribution in [0.3, 0.4) is 0 Å². The molecule has 0 unspecified atom stereocenters. The topological polar surface area (TPSA) is 49.7 Å². The summed E-state index contributed by atoms with van der Waals surface area (Å²) < 4.78 is 31.6. The molecule has 2 rings (SSSR count). The third kappa shape index (κ3) is 3.53. The average molecular weight is 264 g/mol. The molecule has 0 radical (unpaired) electrons. The quantitative estimate of drug-likeness (QED) is 0.816. The van der Waals surface area contributed by atoms with Crippen LogP contribution in [0, 0.1) is 11.6 Å². The van der Waals surface area contributed by atoms with Crippen LogP contribution in [-0.2, 0) is 6.61 Å². The summed E-state index contributed by atoms with van der Waals surface area (Å²) in [6.45, 7) is -0.107. The van der Waals surface area contributed by atoms with Gasteiger partial charge in [0.1, 0.15) is 24.0 Å². The van der Waals surface area contributed by atoms with E-state index in [0.29, 0.717) is 11.2 Å². The summed E-state index contributed by atoms with van der Waals surface area (Å²) in [4.78, 5) is 0. The highest BCUT2D eigenvalue weighted by Crippen LogP contribution is 2.14. The van der Waals surface area contributed by atoms with Crippen molar-refractivity contribution in [3.63, 3.8) is 0 Å². The van der Waals surface area contributed by atoms with Gasteiger partial charge in [-0.1, -0.05) is 12.1 Å². The normalized spacial score (nSPS) is 10.3. The van der Waals surface area contributed by atoms with E-state index in [0.717, 1.165) is 18.2 Å². The largest absolute Gasteiger partial charge is 0.489 e. The zero-order valence-electron chi connectivity index (χ0n) is 9.88. The van der Waals surface area contributed by atoms with Crippen molar-refractivity contribution in [1.29, 1.82) is 0 Å². The van der Waals surface area contributed by atoms with Crippen molar-refractivity contribution in [1.82, 2.24) is 0 Å². The summed E-state index contributed by atoms with van der Waals surface area (Å²) in [7, 11) is -1.55. The Labute approximate surface area is 109 Å². The first-order valence-corrected chi connectivity index (χ1v) is 5.59. The van der Waals surface area contributed by atoms with E-state index in [2.05, 4.69) is 0 Å². The molecule has 2 aromatic carbocycles. The van der Waals surface area contributed by atoms with E-state index in [1.807, 2.05) is 0 Å². The van der Waals surface area contributed by atoms with Crippen molar-refractivity contribution in [2.24, 2.45) is 0 Å². The molecule has 0 saturated heterocycles. The van der Waals surface area contributed by atoms with Gasteiger partial charge >= 0.3 is 7.12 Å². The van der Waals surface area contributed by atoms with Gasteiger partial charge in [0.15, 0.2) is 0 Å². The van der Waals surface area contributed by atoms with E-state index < -0.39 is 18.8 Å². The Bertz CT molecular complexity index is 558. The van der Waals surface area contributed by atoms with Crippen LogP contribution in [0.1, 0.15) is 5.56 Å². The highest BCUT2D eigenvalue weighted by Gasteiger charge is 2.10. The molecule has 0 fully saturated rings. The number of hydrogen-bond donors (Lipinski definition) is 2. The van der Waals surface area contributed by atoms with Crippen LogP contribution < -0.4 is 10.2 Å². The molecule has 0 bridgehead atoms. The smallest absolute Gasteiger partial charge is 0.488 e. The van der Waals surface area contributed by atoms with Gasteiger partial charge in [-0.2, -0.15) is 0 Å². The Morgan fingerprint density at radius 3 is 2.32 bits per heavy atom. The van der Waals surface area contributed by atoms with Crippen molar-refractivity contribution < 1.29 is 23.6 Å². The molecule has 19 heavy (non-hydrogen) atoms. The van der Waals surface area contributed by atoms with Gasteiger partial charge in [0.25, 0.3) is 0 Å². The maximum Gasteiger partial charge on any atom is 0.488 e. The third-order valence-corrected chi connectivity index (χ3v) is 2.58. The number of ether oxygens (including phenoxy) is 1. The van der Waals surface area contributed by atoms with E-state index in [1.165, 1.54) is 24.3 Å². The van der Waals surface area contributed by atoms with Gasteiger partial charge in [-0.15, -0.1) is 0 Å². The van der Waals surface area contributed by atoms with Gasteiger partial charge in [-0.05, 0) is 35.8 Å². The fraction of sp³-hybridized carbons (Fsp3) is 0.0769. The Morgan fingerprint density at radius 1 is 1.00 bits per heavy atom. The van der Waals surface area contributed by atoms with Crippen LogP contribution in [0.5, 0.6) is 5.75 Å². The predicted molar refractivity (Wildman–Crippen MR) is 67.0 cm³/mol. The zero-order chi connectivity index (χ0) is 13.8. The van der Waals surface area contributed by atoms with Crippen LogP contribution >= 0.6 is 0 Å². The molecule has 0 amide bonds. The fourth-order valence-corrected chi connectivity index (χ4v) is 1.55. The Balaban J connectivity index is 2.04. The Hall–Kier alpha value is -1.92. The molecule has 0 saturated carbocycles. The second-order valence-electron chi connectivity index (χ2n) is 3.97. The maximum atomic E-state index is 13.3. The lowest BCUT2D eigenvalue weighted by molar-refractivity contribution is 0.299. The first-order valence-electron chi connectivity index (χ1n) is 5.59. The van der Waals surface area contributed by atoms with Crippen LogP contribution in [0.2, 0.25) is 0 Å². The van der Waals surface area contributed by atoms with Gasteiger partial charge < -0.3 is 14.8 Å². The summed E-state index contributed by atoms with van der Waals surface area (Å²) in [5.74, 6) is -0.643. The number of benzene rings is 2. The molecule has 0 spiro atoms. The molecule has 2 N–H and O–H groups in total. The Morgan fingerprint density at radius 2 is 1.68 bits per heavy atom. The fourth-order valence-electron chi connectivity index (χ4n) is 1.55. The third-order valence-electron chi connectivity index (χ3n) is 2.58. The second kappa shape index (κ2) is 5.82. The monoisotopic (exact) mass is 264 g/mol. The maximum absolute atomic E-state index is 13.3. The van der Waals surface area contributed by atoms with Crippen LogP contribution in [-0.4, -0.2) is 17.2 Å². The van der Waals surface area contributed by atoms with Gasteiger partial charge in [0.05, 0.1) is 0 Å². The highest BCUT2D eigenvalue weighted by atomic mass is 19.1. The molecule has 0 aromatic heterocycles. The van der Waals surface area contributed by atoms with Crippen molar-refractivity contribution in [3.8, 4) is 5.75 Å². The van der Waals surface area contributed by atoms with Crippen molar-refractivity contribution >= 4 is 12.6 Å². The predicted octanol–water partition coefficient (Wildman–Crippen LogP) is 1.22. The van der Waals surface area contributed by atoms with Gasteiger partial charge in [-0.25, -0.2) is 8.78 Å². The lowest BCUT2D eigenvalue weighted by atomic mass is 9.80. The molecule has 0 heterocycles. The minimum atomic E-state index is -1.55. The van der Waals surface area contributed by atoms with Crippen molar-refractivity contribution in [2.45, 2.75) is 6.61 Å². The molecule has 0 aliphatic rings. The highest BCUT2D eigenvalue weighted by molar-refractivity contribution is 6.58. The minimum Gasteiger partial charge on any atom is -0.489 e. The lowest BCUT2D eigenvalue weighted by Gasteiger charge is -2.08. The number of halogens is 2. The van der Waals surface area contributed by atoms with Crippen LogP contribution in [0.25, 0.3) is 0 Å². The molecular weight excluding hydrogens is 253 g/mol. The van der Waals surface area contributed by atoms with Crippen molar-refractivity contribution in [3.05, 3.63) is 59.7 Å². The summed E-state index contributed by atoms with van der Waals surface area (Å²) in [6.07, 6.45) is 0. The first-order chi connectivity index (χ1) is 9.06. The number of rotatable bonds is 4. The van der Waals surface area contributed by atoms with Gasteiger partial charge in [-0.3, -0.25) is 0 Å². The summed E-state index contributed by atoms with van der Waals surface area (Å²) in [5, 5.41) is 17.8. The van der Waals surface area contributed by atoms with Crippen LogP contribution in [0.4, 0.5) is 8.78 Å². The molecular formula is C13H11BF2O3. The van der Waals surface area contributed by atoms with Crippen molar-refractivity contribution in [2.75, 3.05) is 0 Å².